The van der Waals surface area contributed by atoms with Crippen molar-refractivity contribution in [2.75, 3.05) is 17.4 Å². The van der Waals surface area contributed by atoms with Gasteiger partial charge in [0.2, 0.25) is 11.8 Å². The van der Waals surface area contributed by atoms with Crippen LogP contribution < -0.4 is 9.62 Å². The highest BCUT2D eigenvalue weighted by molar-refractivity contribution is 7.92. The Balaban J connectivity index is 1.99. The molecule has 0 aromatic heterocycles. The largest absolute Gasteiger partial charge is 0.352 e. The molecule has 0 aliphatic heterocycles. The van der Waals surface area contributed by atoms with Crippen molar-refractivity contribution in [2.45, 2.75) is 57.5 Å². The van der Waals surface area contributed by atoms with Gasteiger partial charge in [-0.3, -0.25) is 13.9 Å². The molecule has 0 spiro atoms. The monoisotopic (exact) mass is 569 g/mol. The minimum absolute atomic E-state index is 0.0577. The van der Waals surface area contributed by atoms with Crippen LogP contribution in [0.5, 0.6) is 0 Å². The highest BCUT2D eigenvalue weighted by Gasteiger charge is 2.33. The average molecular weight is 570 g/mol. The Kier molecular flexibility index (Phi) is 10.5. The van der Waals surface area contributed by atoms with Gasteiger partial charge in [-0.05, 0) is 75.1 Å². The molecule has 0 aliphatic carbocycles. The SMILES string of the molecule is CC[C@@H](C)NC(=O)[C@@H](C)N(CCc1ccccc1)C(=O)CN(c1ccc(Cl)cc1C)S(=O)(=O)c1ccccc1. The number of nitrogens with zero attached hydrogens (tertiary/aromatic N) is 2. The lowest BCUT2D eigenvalue weighted by Crippen LogP contribution is -2.53. The zero-order chi connectivity index (χ0) is 28.6. The second kappa shape index (κ2) is 13.6. The molecule has 2 atom stereocenters. The summed E-state index contributed by atoms with van der Waals surface area (Å²) in [7, 11) is -4.11. The van der Waals surface area contributed by atoms with E-state index in [2.05, 4.69) is 5.32 Å². The molecule has 7 nitrogen and oxygen atoms in total. The molecule has 2 amide bonds. The van der Waals surface area contributed by atoms with Crippen LogP contribution in [-0.4, -0.2) is 50.3 Å². The summed E-state index contributed by atoms with van der Waals surface area (Å²) in [5.74, 6) is -0.766. The Hall–Kier alpha value is -3.36. The smallest absolute Gasteiger partial charge is 0.264 e. The minimum atomic E-state index is -4.11. The number of rotatable bonds is 12. The van der Waals surface area contributed by atoms with Crippen LogP contribution in [0.25, 0.3) is 0 Å². The van der Waals surface area contributed by atoms with Crippen LogP contribution in [0.2, 0.25) is 5.02 Å². The predicted octanol–water partition coefficient (Wildman–Crippen LogP) is 5.22. The van der Waals surface area contributed by atoms with Crippen molar-refractivity contribution in [1.29, 1.82) is 0 Å². The van der Waals surface area contributed by atoms with E-state index in [0.717, 1.165) is 16.3 Å². The van der Waals surface area contributed by atoms with Gasteiger partial charge >= 0.3 is 0 Å². The Morgan fingerprint density at radius 2 is 1.56 bits per heavy atom. The van der Waals surface area contributed by atoms with Gasteiger partial charge in [-0.2, -0.15) is 0 Å². The lowest BCUT2D eigenvalue weighted by molar-refractivity contribution is -0.139. The molecule has 0 bridgehead atoms. The molecule has 0 aliphatic rings. The summed E-state index contributed by atoms with van der Waals surface area (Å²) in [5.41, 5.74) is 1.96. The van der Waals surface area contributed by atoms with Crippen molar-refractivity contribution in [1.82, 2.24) is 10.2 Å². The van der Waals surface area contributed by atoms with E-state index in [0.29, 0.717) is 22.7 Å². The molecule has 0 unspecified atom stereocenters. The second-order valence-corrected chi connectivity index (χ2v) is 11.9. The van der Waals surface area contributed by atoms with Gasteiger partial charge in [0.1, 0.15) is 12.6 Å². The number of nitrogens with one attached hydrogen (secondary N) is 1. The molecule has 3 aromatic rings. The maximum absolute atomic E-state index is 13.9. The van der Waals surface area contributed by atoms with E-state index < -0.39 is 28.5 Å². The van der Waals surface area contributed by atoms with E-state index in [1.54, 1.807) is 50.2 Å². The van der Waals surface area contributed by atoms with Crippen molar-refractivity contribution < 1.29 is 18.0 Å². The van der Waals surface area contributed by atoms with Gasteiger partial charge in [0.05, 0.1) is 10.6 Å². The van der Waals surface area contributed by atoms with Crippen molar-refractivity contribution in [2.24, 2.45) is 0 Å². The molecular weight excluding hydrogens is 534 g/mol. The Morgan fingerprint density at radius 1 is 0.949 bits per heavy atom. The lowest BCUT2D eigenvalue weighted by Gasteiger charge is -2.33. The van der Waals surface area contributed by atoms with Gasteiger partial charge < -0.3 is 10.2 Å². The highest BCUT2D eigenvalue weighted by atomic mass is 35.5. The quantitative estimate of drug-likeness (QED) is 0.324. The predicted molar refractivity (Wildman–Crippen MR) is 156 cm³/mol. The molecule has 1 N–H and O–H groups in total. The zero-order valence-electron chi connectivity index (χ0n) is 22.8. The average Bonchev–Trinajstić information content (AvgIpc) is 2.93. The van der Waals surface area contributed by atoms with Gasteiger partial charge in [0.25, 0.3) is 10.0 Å². The van der Waals surface area contributed by atoms with E-state index >= 15 is 0 Å². The topological polar surface area (TPSA) is 86.8 Å². The summed E-state index contributed by atoms with van der Waals surface area (Å²) >= 11 is 6.15. The summed E-state index contributed by atoms with van der Waals surface area (Å²) in [6.45, 7) is 7.05. The third-order valence-corrected chi connectivity index (χ3v) is 8.70. The number of carbonyl (C=O) groups excluding carboxylic acids is 2. The third-order valence-electron chi connectivity index (χ3n) is 6.69. The van der Waals surface area contributed by atoms with E-state index in [9.17, 15) is 18.0 Å². The number of halogens is 1. The highest BCUT2D eigenvalue weighted by Crippen LogP contribution is 2.29. The molecule has 9 heteroatoms. The molecule has 0 heterocycles. The van der Waals surface area contributed by atoms with Gasteiger partial charge in [0.15, 0.2) is 0 Å². The van der Waals surface area contributed by atoms with Crippen LogP contribution in [0.1, 0.15) is 38.3 Å². The number of hydrogen-bond acceptors (Lipinski definition) is 4. The van der Waals surface area contributed by atoms with Crippen molar-refractivity contribution >= 4 is 39.1 Å². The van der Waals surface area contributed by atoms with Crippen LogP contribution >= 0.6 is 11.6 Å². The third kappa shape index (κ3) is 7.83. The molecule has 0 saturated heterocycles. The normalized spacial score (nSPS) is 12.8. The van der Waals surface area contributed by atoms with Crippen LogP contribution in [0.4, 0.5) is 5.69 Å². The molecule has 39 heavy (non-hydrogen) atoms. The number of hydrogen-bond donors (Lipinski definition) is 1. The summed E-state index contributed by atoms with van der Waals surface area (Å²) < 4.78 is 28.8. The Bertz CT molecular complexity index is 1370. The Labute approximate surface area is 236 Å². The van der Waals surface area contributed by atoms with E-state index in [4.69, 9.17) is 11.6 Å². The van der Waals surface area contributed by atoms with Gasteiger partial charge in [0, 0.05) is 17.6 Å². The number of anilines is 1. The first-order chi connectivity index (χ1) is 18.5. The summed E-state index contributed by atoms with van der Waals surface area (Å²) in [5, 5.41) is 3.40. The maximum Gasteiger partial charge on any atom is 0.264 e. The summed E-state index contributed by atoms with van der Waals surface area (Å²) in [6.07, 6.45) is 1.26. The number of amides is 2. The molecule has 208 valence electrons. The second-order valence-electron chi connectivity index (χ2n) is 9.57. The zero-order valence-corrected chi connectivity index (χ0v) is 24.4. The first kappa shape index (κ1) is 30.2. The number of sulfonamides is 1. The van der Waals surface area contributed by atoms with Crippen LogP contribution in [0.3, 0.4) is 0 Å². The van der Waals surface area contributed by atoms with Gasteiger partial charge in [-0.25, -0.2) is 8.42 Å². The fourth-order valence-electron chi connectivity index (χ4n) is 4.17. The van der Waals surface area contributed by atoms with Crippen LogP contribution in [-0.2, 0) is 26.0 Å². The minimum Gasteiger partial charge on any atom is -0.352 e. The van der Waals surface area contributed by atoms with Crippen LogP contribution in [0, 0.1) is 6.92 Å². The van der Waals surface area contributed by atoms with Gasteiger partial charge in [-0.1, -0.05) is 67.1 Å². The maximum atomic E-state index is 13.9. The molecule has 0 radical (unpaired) electrons. The van der Waals surface area contributed by atoms with Gasteiger partial charge in [-0.15, -0.1) is 0 Å². The first-order valence-corrected chi connectivity index (χ1v) is 14.8. The van der Waals surface area contributed by atoms with Crippen LogP contribution in [0.15, 0.2) is 83.8 Å². The van der Waals surface area contributed by atoms with E-state index in [1.807, 2.05) is 44.2 Å². The summed E-state index contributed by atoms with van der Waals surface area (Å²) in [4.78, 5) is 28.5. The molecule has 0 fully saturated rings. The first-order valence-electron chi connectivity index (χ1n) is 13.0. The van der Waals surface area contributed by atoms with Crippen molar-refractivity contribution in [3.63, 3.8) is 0 Å². The molecule has 3 aromatic carbocycles. The summed E-state index contributed by atoms with van der Waals surface area (Å²) in [6, 6.07) is 21.6. The number of benzene rings is 3. The van der Waals surface area contributed by atoms with E-state index in [1.165, 1.54) is 17.0 Å². The van der Waals surface area contributed by atoms with Crippen molar-refractivity contribution in [3.05, 3.63) is 95.0 Å². The lowest BCUT2D eigenvalue weighted by atomic mass is 10.1. The molecule has 0 saturated carbocycles. The number of carbonyl (C=O) groups is 2. The number of aryl methyl sites for hydroxylation is 1. The fourth-order valence-corrected chi connectivity index (χ4v) is 5.89. The molecule has 3 rings (SSSR count). The molecular formula is C30H36ClN3O4S. The van der Waals surface area contributed by atoms with E-state index in [-0.39, 0.29) is 23.4 Å². The fraction of sp³-hybridized carbons (Fsp3) is 0.333. The Morgan fingerprint density at radius 3 is 2.15 bits per heavy atom. The standard InChI is InChI=1S/C30H36ClN3O4S/c1-5-23(3)32-30(36)24(4)33(19-18-25-12-8-6-9-13-25)29(35)21-34(28-17-16-26(31)20-22(28)2)39(37,38)27-14-10-7-11-15-27/h6-17,20,23-24H,5,18-19,21H2,1-4H3,(H,32,36)/t23-,24-/m1/s1. The van der Waals surface area contributed by atoms with Crippen molar-refractivity contribution in [3.8, 4) is 0 Å².